The molecule has 3 aromatic rings. The summed E-state index contributed by atoms with van der Waals surface area (Å²) in [7, 11) is 0. The fraction of sp³-hybridized carbons (Fsp3) is 0.417. The number of likely N-dealkylation sites (tertiary alicyclic amines) is 1. The molecule has 0 N–H and O–H groups in total. The second-order valence-electron chi connectivity index (χ2n) is 8.21. The number of piperidine rings is 1. The van der Waals surface area contributed by atoms with Crippen LogP contribution in [-0.4, -0.2) is 38.0 Å². The van der Waals surface area contributed by atoms with Gasteiger partial charge in [-0.1, -0.05) is 36.8 Å². The minimum atomic E-state index is 0.115. The molecule has 0 spiro atoms. The molecule has 5 rings (SSSR count). The van der Waals surface area contributed by atoms with Gasteiger partial charge in [-0.05, 0) is 44.2 Å². The van der Waals surface area contributed by atoms with E-state index in [2.05, 4.69) is 45.8 Å². The Bertz CT molecular complexity index is 966. The lowest BCUT2D eigenvalue weighted by Gasteiger charge is -2.32. The van der Waals surface area contributed by atoms with E-state index in [4.69, 9.17) is 4.98 Å². The highest BCUT2D eigenvalue weighted by molar-refractivity contribution is 5.94. The third-order valence-corrected chi connectivity index (χ3v) is 6.40. The topological polar surface area (TPSA) is 43.1 Å². The average Bonchev–Trinajstić information content (AvgIpc) is 3.37. The van der Waals surface area contributed by atoms with Crippen LogP contribution in [0.4, 0.5) is 0 Å². The summed E-state index contributed by atoms with van der Waals surface area (Å²) in [4.78, 5) is 20.4. The number of hydrogen-bond acceptors (Lipinski definition) is 2. The summed E-state index contributed by atoms with van der Waals surface area (Å²) in [6, 6.07) is 14.9. The van der Waals surface area contributed by atoms with Crippen molar-refractivity contribution in [1.29, 1.82) is 0 Å². The largest absolute Gasteiger partial charge is 0.351 e. The second kappa shape index (κ2) is 7.90. The zero-order valence-corrected chi connectivity index (χ0v) is 16.8. The van der Waals surface area contributed by atoms with E-state index in [9.17, 15) is 4.79 Å². The van der Waals surface area contributed by atoms with Gasteiger partial charge in [0, 0.05) is 43.6 Å². The highest BCUT2D eigenvalue weighted by Gasteiger charge is 2.30. The lowest BCUT2D eigenvalue weighted by molar-refractivity contribution is 0.0688. The Morgan fingerprint density at radius 1 is 0.897 bits per heavy atom. The molecule has 150 valence electrons. The van der Waals surface area contributed by atoms with Crippen LogP contribution < -0.4 is 0 Å². The molecular weight excluding hydrogens is 360 g/mol. The number of fused-ring (bicyclic) bond motifs is 1. The van der Waals surface area contributed by atoms with Gasteiger partial charge in [-0.15, -0.1) is 0 Å². The molecule has 5 nitrogen and oxygen atoms in total. The van der Waals surface area contributed by atoms with E-state index in [1.54, 1.807) is 0 Å². The molecule has 29 heavy (non-hydrogen) atoms. The smallest absolute Gasteiger partial charge is 0.274 e. The monoisotopic (exact) mass is 388 g/mol. The summed E-state index contributed by atoms with van der Waals surface area (Å²) in [5.41, 5.74) is 2.92. The number of benzene rings is 1. The van der Waals surface area contributed by atoms with Crippen LogP contribution in [0, 0.1) is 0 Å². The quantitative estimate of drug-likeness (QED) is 0.660. The van der Waals surface area contributed by atoms with Crippen molar-refractivity contribution in [3.8, 4) is 11.4 Å². The fourth-order valence-electron chi connectivity index (χ4n) is 4.81. The summed E-state index contributed by atoms with van der Waals surface area (Å²) in [6.45, 7) is 2.55. The Labute approximate surface area is 172 Å². The van der Waals surface area contributed by atoms with Gasteiger partial charge < -0.3 is 14.0 Å². The third-order valence-electron chi connectivity index (χ3n) is 6.40. The van der Waals surface area contributed by atoms with Crippen LogP contribution in [0.1, 0.15) is 54.3 Å². The van der Waals surface area contributed by atoms with Crippen LogP contribution in [0.3, 0.4) is 0 Å². The summed E-state index contributed by atoms with van der Waals surface area (Å²) in [6.07, 6.45) is 10.7. The molecule has 0 aliphatic carbocycles. The number of imidazole rings is 1. The van der Waals surface area contributed by atoms with Crippen molar-refractivity contribution in [3.05, 3.63) is 66.2 Å². The molecule has 4 heterocycles. The standard InChI is InChI=1S/C24H28N4O/c29-24(27-17-12-20(13-18-27)26-14-7-8-15-26)22-21-11-5-2-6-16-28(21)23(25-22)19-9-3-1-4-10-19/h1,3-4,7-10,14-15,20H,2,5-6,11-13,16-18H2. The molecule has 2 aliphatic heterocycles. The average molecular weight is 389 g/mol. The Morgan fingerprint density at radius 3 is 2.41 bits per heavy atom. The number of carbonyl (C=O) groups excluding carboxylic acids is 1. The predicted molar refractivity (Wildman–Crippen MR) is 114 cm³/mol. The van der Waals surface area contributed by atoms with Crippen molar-refractivity contribution in [2.75, 3.05) is 13.1 Å². The lowest BCUT2D eigenvalue weighted by atomic mass is 10.0. The first-order chi connectivity index (χ1) is 14.3. The molecule has 0 unspecified atom stereocenters. The van der Waals surface area contributed by atoms with E-state index in [1.807, 2.05) is 23.1 Å². The minimum Gasteiger partial charge on any atom is -0.351 e. The van der Waals surface area contributed by atoms with Gasteiger partial charge in [0.2, 0.25) is 0 Å². The van der Waals surface area contributed by atoms with Crippen molar-refractivity contribution in [3.63, 3.8) is 0 Å². The summed E-state index contributed by atoms with van der Waals surface area (Å²) in [5.74, 6) is 1.07. The maximum absolute atomic E-state index is 13.5. The van der Waals surface area contributed by atoms with Crippen LogP contribution >= 0.6 is 0 Å². The molecule has 1 amide bonds. The van der Waals surface area contributed by atoms with Gasteiger partial charge in [0.25, 0.3) is 5.91 Å². The first kappa shape index (κ1) is 18.2. The number of rotatable bonds is 3. The van der Waals surface area contributed by atoms with Crippen molar-refractivity contribution >= 4 is 5.91 Å². The Balaban J connectivity index is 1.42. The van der Waals surface area contributed by atoms with E-state index in [-0.39, 0.29) is 5.91 Å². The van der Waals surface area contributed by atoms with Gasteiger partial charge in [-0.3, -0.25) is 4.79 Å². The zero-order valence-electron chi connectivity index (χ0n) is 16.8. The van der Waals surface area contributed by atoms with Crippen LogP contribution in [0.5, 0.6) is 0 Å². The number of nitrogens with zero attached hydrogens (tertiary/aromatic N) is 4. The van der Waals surface area contributed by atoms with Gasteiger partial charge in [0.1, 0.15) is 11.5 Å². The Kier molecular flexibility index (Phi) is 4.96. The normalized spacial score (nSPS) is 17.7. The molecule has 5 heteroatoms. The maximum atomic E-state index is 13.5. The van der Waals surface area contributed by atoms with E-state index in [0.29, 0.717) is 11.7 Å². The maximum Gasteiger partial charge on any atom is 0.274 e. The van der Waals surface area contributed by atoms with Crippen molar-refractivity contribution in [2.24, 2.45) is 0 Å². The van der Waals surface area contributed by atoms with Gasteiger partial charge in [0.05, 0.1) is 5.69 Å². The van der Waals surface area contributed by atoms with Crippen molar-refractivity contribution in [2.45, 2.75) is 51.1 Å². The second-order valence-corrected chi connectivity index (χ2v) is 8.21. The van der Waals surface area contributed by atoms with Gasteiger partial charge in [0.15, 0.2) is 0 Å². The summed E-state index contributed by atoms with van der Waals surface area (Å²) < 4.78 is 4.58. The summed E-state index contributed by atoms with van der Waals surface area (Å²) >= 11 is 0. The number of carbonyl (C=O) groups is 1. The van der Waals surface area contributed by atoms with Gasteiger partial charge in [-0.25, -0.2) is 4.98 Å². The Morgan fingerprint density at radius 2 is 1.66 bits per heavy atom. The fourth-order valence-corrected chi connectivity index (χ4v) is 4.81. The molecule has 2 aromatic heterocycles. The van der Waals surface area contributed by atoms with Crippen molar-refractivity contribution in [1.82, 2.24) is 19.0 Å². The minimum absolute atomic E-state index is 0.115. The van der Waals surface area contributed by atoms with Crippen LogP contribution in [0.2, 0.25) is 0 Å². The molecule has 1 aromatic carbocycles. The van der Waals surface area contributed by atoms with Crippen molar-refractivity contribution < 1.29 is 4.79 Å². The molecular formula is C24H28N4O. The molecule has 0 bridgehead atoms. The summed E-state index contributed by atoms with van der Waals surface area (Å²) in [5, 5.41) is 0. The highest BCUT2D eigenvalue weighted by Crippen LogP contribution is 2.29. The number of hydrogen-bond donors (Lipinski definition) is 0. The highest BCUT2D eigenvalue weighted by atomic mass is 16.2. The third kappa shape index (κ3) is 3.50. The van der Waals surface area contributed by atoms with Gasteiger partial charge >= 0.3 is 0 Å². The lowest BCUT2D eigenvalue weighted by Crippen LogP contribution is -2.39. The molecule has 0 radical (unpaired) electrons. The van der Waals surface area contributed by atoms with Gasteiger partial charge in [-0.2, -0.15) is 0 Å². The molecule has 0 saturated carbocycles. The zero-order chi connectivity index (χ0) is 19.6. The SMILES string of the molecule is O=C(c1nc(-c2ccccc2)n2c1CCCCC2)N1CCC(n2cccc2)CC1. The molecule has 0 atom stereocenters. The first-order valence-corrected chi connectivity index (χ1v) is 10.9. The first-order valence-electron chi connectivity index (χ1n) is 10.9. The molecule has 1 saturated heterocycles. The predicted octanol–water partition coefficient (Wildman–Crippen LogP) is 4.56. The molecule has 1 fully saturated rings. The van der Waals surface area contributed by atoms with E-state index < -0.39 is 0 Å². The van der Waals surface area contributed by atoms with Crippen LogP contribution in [0.25, 0.3) is 11.4 Å². The number of amides is 1. The molecule has 2 aliphatic rings. The number of aromatic nitrogens is 3. The van der Waals surface area contributed by atoms with E-state index in [1.165, 1.54) is 6.42 Å². The van der Waals surface area contributed by atoms with E-state index in [0.717, 1.165) is 68.8 Å². The van der Waals surface area contributed by atoms with E-state index >= 15 is 0 Å². The van der Waals surface area contributed by atoms with Crippen LogP contribution in [-0.2, 0) is 13.0 Å². The Hall–Kier alpha value is -2.82. The van der Waals surface area contributed by atoms with Crippen LogP contribution in [0.15, 0.2) is 54.9 Å².